The Morgan fingerprint density at radius 1 is 1.31 bits per heavy atom. The highest BCUT2D eigenvalue weighted by atomic mass is 16.2. The number of hydrogen-bond acceptors (Lipinski definition) is 3. The molecule has 2 rings (SSSR count). The van der Waals surface area contributed by atoms with Crippen LogP contribution < -0.4 is 10.9 Å². The zero-order valence-corrected chi connectivity index (χ0v) is 9.02. The molecule has 0 aliphatic rings. The quantitative estimate of drug-likeness (QED) is 0.746. The van der Waals surface area contributed by atoms with Crippen molar-refractivity contribution in [2.24, 2.45) is 7.05 Å². The van der Waals surface area contributed by atoms with Crippen LogP contribution in [0.3, 0.4) is 0 Å². The Hall–Kier alpha value is -2.17. The van der Waals surface area contributed by atoms with Gasteiger partial charge in [0.2, 0.25) is 0 Å². The van der Waals surface area contributed by atoms with E-state index in [0.717, 1.165) is 0 Å². The molecule has 1 aromatic carbocycles. The van der Waals surface area contributed by atoms with Crippen molar-refractivity contribution in [1.82, 2.24) is 15.1 Å². The molecule has 82 valence electrons. The van der Waals surface area contributed by atoms with Gasteiger partial charge >= 0.3 is 0 Å². The summed E-state index contributed by atoms with van der Waals surface area (Å²) in [5.74, 6) is -0.299. The van der Waals surface area contributed by atoms with Gasteiger partial charge in [0, 0.05) is 19.5 Å². The summed E-state index contributed by atoms with van der Waals surface area (Å²) >= 11 is 0. The molecule has 5 heteroatoms. The second-order valence-corrected chi connectivity index (χ2v) is 3.40. The molecule has 0 fully saturated rings. The lowest BCUT2D eigenvalue weighted by Crippen LogP contribution is -2.27. The molecule has 0 saturated heterocycles. The number of aromatic nitrogens is 2. The van der Waals surface area contributed by atoms with Gasteiger partial charge in [-0.3, -0.25) is 9.59 Å². The summed E-state index contributed by atoms with van der Waals surface area (Å²) in [6, 6.07) is 6.94. The summed E-state index contributed by atoms with van der Waals surface area (Å²) in [7, 11) is 3.06. The lowest BCUT2D eigenvalue weighted by atomic mass is 10.1. The summed E-state index contributed by atoms with van der Waals surface area (Å²) in [4.78, 5) is 23.4. The molecule has 0 radical (unpaired) electrons. The molecule has 0 saturated carbocycles. The molecule has 0 aliphatic heterocycles. The molecule has 0 atom stereocenters. The molecule has 0 bridgehead atoms. The molecule has 16 heavy (non-hydrogen) atoms. The maximum absolute atomic E-state index is 11.8. The van der Waals surface area contributed by atoms with E-state index in [0.29, 0.717) is 10.8 Å². The largest absolute Gasteiger partial charge is 0.354 e. The van der Waals surface area contributed by atoms with Crippen molar-refractivity contribution >= 4 is 16.7 Å². The molecule has 0 unspecified atom stereocenters. The van der Waals surface area contributed by atoms with Crippen LogP contribution in [0.4, 0.5) is 0 Å². The van der Waals surface area contributed by atoms with Crippen molar-refractivity contribution in [2.45, 2.75) is 0 Å². The smallest absolute Gasteiger partial charge is 0.274 e. The van der Waals surface area contributed by atoms with Gasteiger partial charge in [0.1, 0.15) is 0 Å². The Morgan fingerprint density at radius 2 is 1.94 bits per heavy atom. The Labute approximate surface area is 91.7 Å². The van der Waals surface area contributed by atoms with Gasteiger partial charge in [-0.15, -0.1) is 0 Å². The fourth-order valence-corrected chi connectivity index (χ4v) is 1.59. The number of nitrogens with one attached hydrogen (secondary N) is 1. The third-order valence-corrected chi connectivity index (χ3v) is 2.40. The first-order chi connectivity index (χ1) is 7.65. The first-order valence-corrected chi connectivity index (χ1v) is 4.83. The molecule has 1 heterocycles. The number of hydrogen-bond donors (Lipinski definition) is 1. The zero-order chi connectivity index (χ0) is 11.7. The summed E-state index contributed by atoms with van der Waals surface area (Å²) in [5.41, 5.74) is 0.0588. The fraction of sp³-hybridized carbons (Fsp3) is 0.182. The molecule has 1 N–H and O–H groups in total. The third kappa shape index (κ3) is 1.46. The topological polar surface area (TPSA) is 64.0 Å². The molecular formula is C11H11N3O2. The Morgan fingerprint density at radius 3 is 2.56 bits per heavy atom. The van der Waals surface area contributed by atoms with Crippen LogP contribution in [0.5, 0.6) is 0 Å². The van der Waals surface area contributed by atoms with E-state index in [1.807, 2.05) is 0 Å². The van der Waals surface area contributed by atoms with Gasteiger partial charge in [-0.25, -0.2) is 4.68 Å². The van der Waals surface area contributed by atoms with Crippen molar-refractivity contribution < 1.29 is 4.79 Å². The van der Waals surface area contributed by atoms with Gasteiger partial charge in [0.15, 0.2) is 5.69 Å². The number of amides is 1. The van der Waals surface area contributed by atoms with Gasteiger partial charge in [-0.05, 0) is 6.07 Å². The highest BCUT2D eigenvalue weighted by Gasteiger charge is 2.13. The fourth-order valence-electron chi connectivity index (χ4n) is 1.59. The molecule has 0 aliphatic carbocycles. The molecular weight excluding hydrogens is 206 g/mol. The molecule has 5 nitrogen and oxygen atoms in total. The van der Waals surface area contributed by atoms with Crippen molar-refractivity contribution in [1.29, 1.82) is 0 Å². The zero-order valence-electron chi connectivity index (χ0n) is 9.02. The molecule has 1 amide bonds. The number of fused-ring (bicyclic) bond motifs is 1. The van der Waals surface area contributed by atoms with E-state index in [-0.39, 0.29) is 17.2 Å². The minimum atomic E-state index is -0.299. The van der Waals surface area contributed by atoms with Crippen LogP contribution in [-0.4, -0.2) is 22.7 Å². The average Bonchev–Trinajstić information content (AvgIpc) is 2.33. The van der Waals surface area contributed by atoms with Crippen LogP contribution in [0.25, 0.3) is 10.8 Å². The number of carbonyl (C=O) groups excluding carboxylic acids is 1. The van der Waals surface area contributed by atoms with E-state index in [4.69, 9.17) is 0 Å². The third-order valence-electron chi connectivity index (χ3n) is 2.40. The Balaban J connectivity index is 2.90. The predicted octanol–water partition coefficient (Wildman–Crippen LogP) is 0.293. The Bertz CT molecular complexity index is 616. The number of benzene rings is 1. The van der Waals surface area contributed by atoms with Gasteiger partial charge in [-0.2, -0.15) is 5.10 Å². The van der Waals surface area contributed by atoms with E-state index in [9.17, 15) is 9.59 Å². The van der Waals surface area contributed by atoms with Crippen LogP contribution in [-0.2, 0) is 7.05 Å². The minimum Gasteiger partial charge on any atom is -0.354 e. The van der Waals surface area contributed by atoms with Crippen LogP contribution >= 0.6 is 0 Å². The van der Waals surface area contributed by atoms with Gasteiger partial charge < -0.3 is 5.32 Å². The molecule has 1 aromatic heterocycles. The second-order valence-electron chi connectivity index (χ2n) is 3.40. The normalized spacial score (nSPS) is 10.4. The van der Waals surface area contributed by atoms with E-state index in [1.54, 1.807) is 24.3 Å². The maximum Gasteiger partial charge on any atom is 0.274 e. The SMILES string of the molecule is CNC(=O)c1nn(C)c(=O)c2ccccc12. The van der Waals surface area contributed by atoms with Gasteiger partial charge in [-0.1, -0.05) is 18.2 Å². The van der Waals surface area contributed by atoms with E-state index < -0.39 is 0 Å². The van der Waals surface area contributed by atoms with Crippen molar-refractivity contribution in [2.75, 3.05) is 7.05 Å². The average molecular weight is 217 g/mol. The van der Waals surface area contributed by atoms with Crippen molar-refractivity contribution in [3.05, 3.63) is 40.3 Å². The number of aryl methyl sites for hydroxylation is 1. The summed E-state index contributed by atoms with van der Waals surface area (Å²) in [6.07, 6.45) is 0. The van der Waals surface area contributed by atoms with Crippen molar-refractivity contribution in [3.8, 4) is 0 Å². The highest BCUT2D eigenvalue weighted by Crippen LogP contribution is 2.12. The molecule has 2 aromatic rings. The van der Waals surface area contributed by atoms with E-state index >= 15 is 0 Å². The van der Waals surface area contributed by atoms with Crippen LogP contribution in [0.2, 0.25) is 0 Å². The van der Waals surface area contributed by atoms with Crippen LogP contribution in [0.1, 0.15) is 10.5 Å². The van der Waals surface area contributed by atoms with Crippen LogP contribution in [0, 0.1) is 0 Å². The number of nitrogens with zero attached hydrogens (tertiary/aromatic N) is 2. The van der Waals surface area contributed by atoms with Gasteiger partial charge in [0.25, 0.3) is 11.5 Å². The molecule has 0 spiro atoms. The standard InChI is InChI=1S/C11H11N3O2/c1-12-10(15)9-7-5-3-4-6-8(7)11(16)14(2)13-9/h3-6H,1-2H3,(H,12,15). The number of rotatable bonds is 1. The lowest BCUT2D eigenvalue weighted by molar-refractivity contribution is 0.0958. The summed E-state index contributed by atoms with van der Waals surface area (Å²) in [5, 5.41) is 7.54. The first-order valence-electron chi connectivity index (χ1n) is 4.83. The second kappa shape index (κ2) is 3.77. The Kier molecular flexibility index (Phi) is 2.44. The van der Waals surface area contributed by atoms with Crippen LogP contribution in [0.15, 0.2) is 29.1 Å². The first kappa shape index (κ1) is 10.4. The monoisotopic (exact) mass is 217 g/mol. The van der Waals surface area contributed by atoms with E-state index in [1.165, 1.54) is 18.8 Å². The number of carbonyl (C=O) groups is 1. The van der Waals surface area contributed by atoms with Gasteiger partial charge in [0.05, 0.1) is 5.39 Å². The summed E-state index contributed by atoms with van der Waals surface area (Å²) in [6.45, 7) is 0. The summed E-state index contributed by atoms with van der Waals surface area (Å²) < 4.78 is 1.17. The minimum absolute atomic E-state index is 0.205. The van der Waals surface area contributed by atoms with Crippen molar-refractivity contribution in [3.63, 3.8) is 0 Å². The van der Waals surface area contributed by atoms with E-state index in [2.05, 4.69) is 10.4 Å². The maximum atomic E-state index is 11.8. The predicted molar refractivity (Wildman–Crippen MR) is 60.4 cm³/mol. The highest BCUT2D eigenvalue weighted by molar-refractivity contribution is 6.04. The lowest BCUT2D eigenvalue weighted by Gasteiger charge is -2.06.